The first-order valence-electron chi connectivity index (χ1n) is 6.69. The SMILES string of the molecule is O=C(N/N=C1/CCSc2ccc(F)cc21)c1ccc(F)cc1. The van der Waals surface area contributed by atoms with Gasteiger partial charge in [-0.15, -0.1) is 11.8 Å². The topological polar surface area (TPSA) is 41.5 Å². The largest absolute Gasteiger partial charge is 0.271 e. The van der Waals surface area contributed by atoms with Gasteiger partial charge in [-0.3, -0.25) is 4.79 Å². The molecule has 3 nitrogen and oxygen atoms in total. The van der Waals surface area contributed by atoms with Gasteiger partial charge in [0.2, 0.25) is 0 Å². The zero-order valence-electron chi connectivity index (χ0n) is 11.5. The van der Waals surface area contributed by atoms with Gasteiger partial charge in [-0.25, -0.2) is 14.2 Å². The molecule has 0 unspecified atom stereocenters. The molecule has 1 heterocycles. The third-order valence-corrected chi connectivity index (χ3v) is 4.32. The molecule has 112 valence electrons. The Labute approximate surface area is 130 Å². The Morgan fingerprint density at radius 2 is 1.82 bits per heavy atom. The maximum Gasteiger partial charge on any atom is 0.271 e. The molecule has 0 spiro atoms. The Hall–Kier alpha value is -2.21. The lowest BCUT2D eigenvalue weighted by Crippen LogP contribution is -2.21. The normalized spacial score (nSPS) is 15.5. The molecular formula is C16H12F2N2OS. The fraction of sp³-hybridized carbons (Fsp3) is 0.125. The molecule has 2 aromatic carbocycles. The van der Waals surface area contributed by atoms with Crippen LogP contribution >= 0.6 is 11.8 Å². The third kappa shape index (κ3) is 3.17. The van der Waals surface area contributed by atoms with Gasteiger partial charge in [0.25, 0.3) is 5.91 Å². The van der Waals surface area contributed by atoms with Gasteiger partial charge < -0.3 is 0 Å². The van der Waals surface area contributed by atoms with Crippen LogP contribution in [0.4, 0.5) is 8.78 Å². The number of thioether (sulfide) groups is 1. The number of hydrogen-bond donors (Lipinski definition) is 1. The maximum atomic E-state index is 13.4. The monoisotopic (exact) mass is 318 g/mol. The second-order valence-corrected chi connectivity index (χ2v) is 5.88. The van der Waals surface area contributed by atoms with Gasteiger partial charge >= 0.3 is 0 Å². The van der Waals surface area contributed by atoms with Gasteiger partial charge in [-0.1, -0.05) is 0 Å². The highest BCUT2D eigenvalue weighted by molar-refractivity contribution is 7.99. The molecule has 1 N–H and O–H groups in total. The van der Waals surface area contributed by atoms with Crippen LogP contribution in [0.1, 0.15) is 22.3 Å². The number of nitrogens with one attached hydrogen (secondary N) is 1. The average Bonchev–Trinajstić information content (AvgIpc) is 2.53. The Kier molecular flexibility index (Phi) is 4.20. The third-order valence-electron chi connectivity index (χ3n) is 3.25. The predicted octanol–water partition coefficient (Wildman–Crippen LogP) is 3.59. The molecular weight excluding hydrogens is 306 g/mol. The first kappa shape index (κ1) is 14.7. The van der Waals surface area contributed by atoms with Crippen molar-refractivity contribution in [1.29, 1.82) is 0 Å². The van der Waals surface area contributed by atoms with Crippen molar-refractivity contribution in [3.63, 3.8) is 0 Å². The summed E-state index contributed by atoms with van der Waals surface area (Å²) in [7, 11) is 0. The lowest BCUT2D eigenvalue weighted by atomic mass is 10.1. The summed E-state index contributed by atoms with van der Waals surface area (Å²) in [6.45, 7) is 0. The van der Waals surface area contributed by atoms with E-state index in [2.05, 4.69) is 10.5 Å². The fourth-order valence-electron chi connectivity index (χ4n) is 2.15. The van der Waals surface area contributed by atoms with E-state index in [9.17, 15) is 13.6 Å². The van der Waals surface area contributed by atoms with Gasteiger partial charge in [0.05, 0.1) is 5.71 Å². The van der Waals surface area contributed by atoms with E-state index in [1.165, 1.54) is 36.4 Å². The van der Waals surface area contributed by atoms with Crippen LogP contribution in [-0.2, 0) is 0 Å². The fourth-order valence-corrected chi connectivity index (χ4v) is 3.16. The number of benzene rings is 2. The summed E-state index contributed by atoms with van der Waals surface area (Å²) in [4.78, 5) is 12.9. The van der Waals surface area contributed by atoms with Crippen LogP contribution in [0.5, 0.6) is 0 Å². The average molecular weight is 318 g/mol. The highest BCUT2D eigenvalue weighted by Gasteiger charge is 2.17. The van der Waals surface area contributed by atoms with Gasteiger partial charge in [-0.05, 0) is 42.5 Å². The van der Waals surface area contributed by atoms with Gasteiger partial charge in [0.15, 0.2) is 0 Å². The van der Waals surface area contributed by atoms with Crippen LogP contribution in [0.2, 0.25) is 0 Å². The van der Waals surface area contributed by atoms with E-state index >= 15 is 0 Å². The molecule has 3 rings (SSSR count). The van der Waals surface area contributed by atoms with Crippen molar-refractivity contribution in [3.8, 4) is 0 Å². The Morgan fingerprint density at radius 1 is 1.09 bits per heavy atom. The number of carbonyl (C=O) groups is 1. The number of fused-ring (bicyclic) bond motifs is 1. The molecule has 2 aromatic rings. The summed E-state index contributed by atoms with van der Waals surface area (Å²) in [5.74, 6) is -0.344. The second kappa shape index (κ2) is 6.27. The second-order valence-electron chi connectivity index (χ2n) is 4.75. The van der Waals surface area contributed by atoms with Crippen molar-refractivity contribution in [2.45, 2.75) is 11.3 Å². The zero-order chi connectivity index (χ0) is 15.5. The molecule has 1 aliphatic rings. The van der Waals surface area contributed by atoms with Crippen LogP contribution in [0.25, 0.3) is 0 Å². The van der Waals surface area contributed by atoms with Crippen molar-refractivity contribution in [2.24, 2.45) is 5.10 Å². The Morgan fingerprint density at radius 3 is 2.59 bits per heavy atom. The number of hydrogen-bond acceptors (Lipinski definition) is 3. The molecule has 0 saturated heterocycles. The summed E-state index contributed by atoms with van der Waals surface area (Å²) < 4.78 is 26.2. The molecule has 1 amide bonds. The van der Waals surface area contributed by atoms with Crippen molar-refractivity contribution in [3.05, 3.63) is 65.2 Å². The molecule has 0 aromatic heterocycles. The summed E-state index contributed by atoms with van der Waals surface area (Å²) in [5.41, 5.74) is 4.11. The summed E-state index contributed by atoms with van der Waals surface area (Å²) in [5, 5.41) is 4.11. The first-order valence-corrected chi connectivity index (χ1v) is 7.67. The van der Waals surface area contributed by atoms with Gasteiger partial charge in [-0.2, -0.15) is 5.10 Å². The lowest BCUT2D eigenvalue weighted by Gasteiger charge is -2.17. The molecule has 0 radical (unpaired) electrons. The van der Waals surface area contributed by atoms with Crippen molar-refractivity contribution >= 4 is 23.4 Å². The minimum atomic E-state index is -0.427. The van der Waals surface area contributed by atoms with Gasteiger partial charge in [0.1, 0.15) is 11.6 Å². The van der Waals surface area contributed by atoms with Crippen LogP contribution < -0.4 is 5.43 Å². The summed E-state index contributed by atoms with van der Waals surface area (Å²) >= 11 is 1.63. The quantitative estimate of drug-likeness (QED) is 0.860. The van der Waals surface area contributed by atoms with Crippen LogP contribution in [-0.4, -0.2) is 17.4 Å². The molecule has 0 aliphatic carbocycles. The minimum Gasteiger partial charge on any atom is -0.267 e. The van der Waals surface area contributed by atoms with Gasteiger partial charge in [0, 0.05) is 28.2 Å². The molecule has 0 saturated carbocycles. The number of amides is 1. The van der Waals surface area contributed by atoms with E-state index in [1.807, 2.05) is 0 Å². The van der Waals surface area contributed by atoms with E-state index in [0.717, 1.165) is 10.6 Å². The van der Waals surface area contributed by atoms with E-state index in [-0.39, 0.29) is 5.82 Å². The van der Waals surface area contributed by atoms with Crippen LogP contribution in [0.15, 0.2) is 52.5 Å². The van der Waals surface area contributed by atoms with Crippen molar-refractivity contribution in [2.75, 3.05) is 5.75 Å². The first-order chi connectivity index (χ1) is 10.6. The number of nitrogens with zero attached hydrogens (tertiary/aromatic N) is 1. The number of carbonyl (C=O) groups excluding carboxylic acids is 1. The van der Waals surface area contributed by atoms with E-state index in [4.69, 9.17) is 0 Å². The highest BCUT2D eigenvalue weighted by atomic mass is 32.2. The van der Waals surface area contributed by atoms with E-state index in [1.54, 1.807) is 17.8 Å². The van der Waals surface area contributed by atoms with Crippen LogP contribution in [0.3, 0.4) is 0 Å². The highest BCUT2D eigenvalue weighted by Crippen LogP contribution is 2.30. The van der Waals surface area contributed by atoms with Crippen LogP contribution in [0, 0.1) is 11.6 Å². The number of hydrazone groups is 1. The molecule has 1 aliphatic heterocycles. The molecule has 0 bridgehead atoms. The molecule has 22 heavy (non-hydrogen) atoms. The van der Waals surface area contributed by atoms with E-state index in [0.29, 0.717) is 23.3 Å². The van der Waals surface area contributed by atoms with Crippen molar-refractivity contribution < 1.29 is 13.6 Å². The summed E-state index contributed by atoms with van der Waals surface area (Å²) in [6, 6.07) is 9.74. The molecule has 6 heteroatoms. The van der Waals surface area contributed by atoms with E-state index < -0.39 is 11.7 Å². The Bertz CT molecular complexity index is 744. The standard InChI is InChI=1S/C16H12F2N2OS/c17-11-3-1-10(2-4-11)16(21)20-19-14-7-8-22-15-6-5-12(18)9-13(14)15/h1-6,9H,7-8H2,(H,20,21)/b19-14-. The maximum absolute atomic E-state index is 13.4. The lowest BCUT2D eigenvalue weighted by molar-refractivity contribution is 0.0954. The smallest absolute Gasteiger partial charge is 0.267 e. The Balaban J connectivity index is 1.80. The minimum absolute atomic E-state index is 0.315. The zero-order valence-corrected chi connectivity index (χ0v) is 12.3. The summed E-state index contributed by atoms with van der Waals surface area (Å²) in [6.07, 6.45) is 0.644. The predicted molar refractivity (Wildman–Crippen MR) is 82.1 cm³/mol. The number of rotatable bonds is 2. The number of halogens is 2. The van der Waals surface area contributed by atoms with Crippen molar-refractivity contribution in [1.82, 2.24) is 5.43 Å². The molecule has 0 atom stereocenters. The molecule has 0 fully saturated rings.